The summed E-state index contributed by atoms with van der Waals surface area (Å²) >= 11 is 0. The van der Waals surface area contributed by atoms with Gasteiger partial charge >= 0.3 is 0 Å². The van der Waals surface area contributed by atoms with Gasteiger partial charge in [0.1, 0.15) is 12.8 Å². The van der Waals surface area contributed by atoms with Crippen LogP contribution in [0.15, 0.2) is 34.9 Å². The molecule has 0 aliphatic heterocycles. The molecule has 25 heavy (non-hydrogen) atoms. The highest BCUT2D eigenvalue weighted by atomic mass is 19.1. The van der Waals surface area contributed by atoms with Crippen LogP contribution in [0.3, 0.4) is 0 Å². The summed E-state index contributed by atoms with van der Waals surface area (Å²) in [5, 5.41) is 9.29. The van der Waals surface area contributed by atoms with Crippen molar-refractivity contribution < 1.29 is 19.1 Å². The van der Waals surface area contributed by atoms with Gasteiger partial charge in [0, 0.05) is 22.8 Å². The molecule has 1 N–H and O–H groups in total. The van der Waals surface area contributed by atoms with Crippen molar-refractivity contribution in [1.82, 2.24) is 0 Å². The molecule has 4 heteroatoms. The Bertz CT molecular complexity index is 746. The Morgan fingerprint density at radius 1 is 1.32 bits per heavy atom. The molecule has 4 aliphatic rings. The highest BCUT2D eigenvalue weighted by molar-refractivity contribution is 5.98. The van der Waals surface area contributed by atoms with Crippen LogP contribution in [-0.4, -0.2) is 29.5 Å². The predicted octanol–water partition coefficient (Wildman–Crippen LogP) is 3.48. The normalized spacial score (nSPS) is 42.6. The Kier molecular flexibility index (Phi) is 3.70. The van der Waals surface area contributed by atoms with E-state index >= 15 is 4.39 Å². The molecule has 0 aromatic heterocycles. The van der Waals surface area contributed by atoms with Crippen LogP contribution < -0.4 is 0 Å². The minimum absolute atomic E-state index is 0.0354. The summed E-state index contributed by atoms with van der Waals surface area (Å²) in [4.78, 5) is 24.0. The van der Waals surface area contributed by atoms with E-state index in [1.807, 2.05) is 6.08 Å². The molecule has 0 amide bonds. The van der Waals surface area contributed by atoms with Crippen LogP contribution in [-0.2, 0) is 9.59 Å². The molecular formula is C21H25FO3. The van der Waals surface area contributed by atoms with Gasteiger partial charge in [0.15, 0.2) is 11.6 Å². The number of rotatable bonds is 2. The molecule has 0 radical (unpaired) electrons. The molecule has 0 bridgehead atoms. The highest BCUT2D eigenvalue weighted by Gasteiger charge is 2.56. The number of halogens is 1. The molecule has 134 valence electrons. The molecule has 3 nitrogen and oxygen atoms in total. The summed E-state index contributed by atoms with van der Waals surface area (Å²) < 4.78 is 15.0. The second-order valence-corrected chi connectivity index (χ2v) is 8.53. The van der Waals surface area contributed by atoms with Crippen molar-refractivity contribution in [1.29, 1.82) is 0 Å². The maximum atomic E-state index is 15.0. The summed E-state index contributed by atoms with van der Waals surface area (Å²) in [6.07, 6.45) is 7.70. The summed E-state index contributed by atoms with van der Waals surface area (Å²) in [5.74, 6) is 0.134. The van der Waals surface area contributed by atoms with Crippen LogP contribution >= 0.6 is 0 Å². The van der Waals surface area contributed by atoms with Crippen molar-refractivity contribution in [2.45, 2.75) is 52.1 Å². The molecule has 0 heterocycles. The monoisotopic (exact) mass is 344 g/mol. The molecule has 1 unspecified atom stereocenters. The fourth-order valence-electron chi connectivity index (χ4n) is 5.96. The Morgan fingerprint density at radius 2 is 2.08 bits per heavy atom. The number of aliphatic hydroxyl groups is 1. The van der Waals surface area contributed by atoms with E-state index in [1.54, 1.807) is 6.08 Å². The van der Waals surface area contributed by atoms with Crippen molar-refractivity contribution in [2.24, 2.45) is 22.7 Å². The van der Waals surface area contributed by atoms with Crippen LogP contribution in [0, 0.1) is 22.7 Å². The summed E-state index contributed by atoms with van der Waals surface area (Å²) in [5.41, 5.74) is 1.98. The quantitative estimate of drug-likeness (QED) is 0.780. The van der Waals surface area contributed by atoms with E-state index in [0.29, 0.717) is 24.8 Å². The Morgan fingerprint density at radius 3 is 2.80 bits per heavy atom. The standard InChI is InChI=1S/C21H25FO3/c1-20-8-6-15-13(14(20)3-4-16(20)19(25)11-23)10-18(22)17-9-12(24)5-7-21(15,17)2/h4,6,9,13-14,18,23H,3,5,7-8,10-11H2,1-2H3/t13-,14-,18?,20-,21+/m0/s1. The zero-order valence-corrected chi connectivity index (χ0v) is 14.8. The average molecular weight is 344 g/mol. The Balaban J connectivity index is 1.76. The topological polar surface area (TPSA) is 54.4 Å². The lowest BCUT2D eigenvalue weighted by Crippen LogP contribution is -2.47. The number of fused-ring (bicyclic) bond motifs is 5. The third-order valence-electron chi connectivity index (χ3n) is 7.35. The van der Waals surface area contributed by atoms with E-state index in [1.165, 1.54) is 5.57 Å². The number of aliphatic hydroxyl groups excluding tert-OH is 1. The van der Waals surface area contributed by atoms with Crippen LogP contribution in [0.25, 0.3) is 0 Å². The lowest BCUT2D eigenvalue weighted by Gasteiger charge is -2.53. The lowest BCUT2D eigenvalue weighted by molar-refractivity contribution is -0.119. The van der Waals surface area contributed by atoms with Crippen molar-refractivity contribution in [3.63, 3.8) is 0 Å². The average Bonchev–Trinajstić information content (AvgIpc) is 2.93. The molecule has 0 aromatic carbocycles. The van der Waals surface area contributed by atoms with Gasteiger partial charge in [-0.15, -0.1) is 0 Å². The van der Waals surface area contributed by atoms with E-state index in [2.05, 4.69) is 19.9 Å². The number of hydrogen-bond acceptors (Lipinski definition) is 3. The van der Waals surface area contributed by atoms with Gasteiger partial charge in [0.25, 0.3) is 0 Å². The maximum absolute atomic E-state index is 15.0. The van der Waals surface area contributed by atoms with Gasteiger partial charge in [-0.25, -0.2) is 4.39 Å². The highest BCUT2D eigenvalue weighted by Crippen LogP contribution is 2.63. The third-order valence-corrected chi connectivity index (χ3v) is 7.35. The van der Waals surface area contributed by atoms with Gasteiger partial charge in [-0.2, -0.15) is 0 Å². The third kappa shape index (κ3) is 2.19. The van der Waals surface area contributed by atoms with Gasteiger partial charge in [-0.1, -0.05) is 31.6 Å². The van der Waals surface area contributed by atoms with Crippen LogP contribution in [0.5, 0.6) is 0 Å². The SMILES string of the molecule is C[C@]12CCC(=O)C=C1C(F)C[C@@H]1C2=CC[C@]2(C)C(C(=O)CO)=CC[C@@H]12. The van der Waals surface area contributed by atoms with Crippen molar-refractivity contribution >= 4 is 11.6 Å². The van der Waals surface area contributed by atoms with E-state index in [-0.39, 0.29) is 34.2 Å². The van der Waals surface area contributed by atoms with Gasteiger partial charge in [0.05, 0.1) is 0 Å². The second kappa shape index (κ2) is 5.47. The predicted molar refractivity (Wildman–Crippen MR) is 92.5 cm³/mol. The second-order valence-electron chi connectivity index (χ2n) is 8.53. The first-order valence-electron chi connectivity index (χ1n) is 9.25. The number of hydrogen-bond donors (Lipinski definition) is 1. The first kappa shape index (κ1) is 16.9. The molecule has 0 spiro atoms. The van der Waals surface area contributed by atoms with Crippen molar-refractivity contribution in [2.75, 3.05) is 6.61 Å². The number of allylic oxidation sites excluding steroid dienone is 5. The lowest BCUT2D eigenvalue weighted by atomic mass is 9.50. The Labute approximate surface area is 147 Å². The van der Waals surface area contributed by atoms with Crippen LogP contribution in [0.4, 0.5) is 4.39 Å². The van der Waals surface area contributed by atoms with Crippen molar-refractivity contribution in [3.8, 4) is 0 Å². The first-order chi connectivity index (χ1) is 11.8. The van der Waals surface area contributed by atoms with Gasteiger partial charge in [-0.3, -0.25) is 9.59 Å². The number of carbonyl (C=O) groups is 2. The largest absolute Gasteiger partial charge is 0.388 e. The molecule has 0 aromatic rings. The van der Waals surface area contributed by atoms with Gasteiger partial charge < -0.3 is 5.11 Å². The van der Waals surface area contributed by atoms with E-state index in [0.717, 1.165) is 18.4 Å². The number of carbonyl (C=O) groups excluding carboxylic acids is 2. The van der Waals surface area contributed by atoms with E-state index in [4.69, 9.17) is 0 Å². The first-order valence-corrected chi connectivity index (χ1v) is 9.25. The smallest absolute Gasteiger partial charge is 0.184 e. The zero-order valence-electron chi connectivity index (χ0n) is 14.8. The van der Waals surface area contributed by atoms with Gasteiger partial charge in [0.2, 0.25) is 0 Å². The summed E-state index contributed by atoms with van der Waals surface area (Å²) in [6.45, 7) is 3.71. The van der Waals surface area contributed by atoms with Crippen LogP contribution in [0.1, 0.15) is 46.0 Å². The minimum atomic E-state index is -1.09. The molecule has 1 fully saturated rings. The molecule has 5 atom stereocenters. The number of ketones is 2. The minimum Gasteiger partial charge on any atom is -0.388 e. The fourth-order valence-corrected chi connectivity index (χ4v) is 5.96. The number of Topliss-reactive ketones (excluding diaryl/α,β-unsaturated/α-hetero) is 1. The zero-order chi connectivity index (χ0) is 18.0. The van der Waals surface area contributed by atoms with E-state index in [9.17, 15) is 14.7 Å². The number of alkyl halides is 1. The van der Waals surface area contributed by atoms with Crippen LogP contribution in [0.2, 0.25) is 0 Å². The molecule has 4 aliphatic carbocycles. The molecule has 4 rings (SSSR count). The summed E-state index contributed by atoms with van der Waals surface area (Å²) in [6, 6.07) is 0. The van der Waals surface area contributed by atoms with Crippen molar-refractivity contribution in [3.05, 3.63) is 34.9 Å². The van der Waals surface area contributed by atoms with E-state index < -0.39 is 12.8 Å². The summed E-state index contributed by atoms with van der Waals surface area (Å²) in [7, 11) is 0. The molecule has 1 saturated carbocycles. The molecule has 0 saturated heterocycles. The Hall–Kier alpha value is -1.55. The fraction of sp³-hybridized carbons (Fsp3) is 0.619. The maximum Gasteiger partial charge on any atom is 0.184 e. The molecular weight excluding hydrogens is 319 g/mol. The van der Waals surface area contributed by atoms with Gasteiger partial charge in [-0.05, 0) is 49.2 Å².